The summed E-state index contributed by atoms with van der Waals surface area (Å²) in [5, 5.41) is 0. The molecule has 2 aromatic carbocycles. The summed E-state index contributed by atoms with van der Waals surface area (Å²) in [6.45, 7) is 2.36. The Balaban J connectivity index is 1.39. The lowest BCUT2D eigenvalue weighted by Gasteiger charge is -2.42. The lowest BCUT2D eigenvalue weighted by atomic mass is 9.63. The summed E-state index contributed by atoms with van der Waals surface area (Å²) >= 11 is 0. The Hall–Kier alpha value is -2.07. The molecular weight excluding hydrogens is 331 g/mol. The van der Waals surface area contributed by atoms with E-state index in [4.69, 9.17) is 0 Å². The zero-order chi connectivity index (χ0) is 18.6. The van der Waals surface area contributed by atoms with E-state index in [1.54, 1.807) is 12.1 Å². The molecule has 0 saturated heterocycles. The predicted octanol–water partition coefficient (Wildman–Crippen LogP) is 6.94. The zero-order valence-corrected chi connectivity index (χ0v) is 16.3. The first-order valence-corrected chi connectivity index (χ1v) is 10.6. The van der Waals surface area contributed by atoms with E-state index < -0.39 is 0 Å². The largest absolute Gasteiger partial charge is 0.207 e. The van der Waals surface area contributed by atoms with Crippen molar-refractivity contribution in [1.29, 1.82) is 0 Å². The molecule has 4 rings (SSSR count). The van der Waals surface area contributed by atoms with E-state index in [1.807, 2.05) is 0 Å². The van der Waals surface area contributed by atoms with E-state index in [-0.39, 0.29) is 5.82 Å². The summed E-state index contributed by atoms with van der Waals surface area (Å²) in [4.78, 5) is 0. The van der Waals surface area contributed by atoms with E-state index in [9.17, 15) is 4.39 Å². The highest BCUT2D eigenvalue weighted by atomic mass is 19.1. The van der Waals surface area contributed by atoms with Gasteiger partial charge in [0.2, 0.25) is 0 Å². The van der Waals surface area contributed by atoms with Crippen molar-refractivity contribution in [2.45, 2.75) is 57.8 Å². The average molecular weight is 361 g/mol. The second kappa shape index (κ2) is 8.30. The van der Waals surface area contributed by atoms with Crippen molar-refractivity contribution >= 4 is 0 Å². The van der Waals surface area contributed by atoms with Gasteiger partial charge in [0.25, 0.3) is 0 Å². The fourth-order valence-corrected chi connectivity index (χ4v) is 5.18. The Bertz CT molecular complexity index is 806. The molecule has 0 amide bonds. The summed E-state index contributed by atoms with van der Waals surface area (Å²) in [6, 6.07) is 15.2. The first-order chi connectivity index (χ1) is 13.2. The fourth-order valence-electron chi connectivity index (χ4n) is 5.18. The number of halogens is 1. The third-order valence-corrected chi connectivity index (χ3v) is 6.88. The third kappa shape index (κ3) is 4.44. The molecule has 4 unspecified atom stereocenters. The summed E-state index contributed by atoms with van der Waals surface area (Å²) in [7, 11) is 0. The highest BCUT2D eigenvalue weighted by Crippen LogP contribution is 2.48. The van der Waals surface area contributed by atoms with Gasteiger partial charge in [0.1, 0.15) is 5.82 Å². The van der Waals surface area contributed by atoms with Gasteiger partial charge in [0.15, 0.2) is 0 Å². The van der Waals surface area contributed by atoms with Gasteiger partial charge >= 0.3 is 0 Å². The second-order valence-corrected chi connectivity index (χ2v) is 8.50. The van der Waals surface area contributed by atoms with Gasteiger partial charge in [-0.15, -0.1) is 0 Å². The molecule has 0 aliphatic heterocycles. The number of hydrogen-bond acceptors (Lipinski definition) is 0. The molecule has 2 aliphatic rings. The van der Waals surface area contributed by atoms with Crippen LogP contribution in [0.1, 0.15) is 74.5 Å². The minimum Gasteiger partial charge on any atom is -0.207 e. The quantitative estimate of drug-likeness (QED) is 0.509. The summed E-state index contributed by atoms with van der Waals surface area (Å²) in [5.41, 5.74) is 3.36. The summed E-state index contributed by atoms with van der Waals surface area (Å²) in [5.74, 6) is 9.74. The molecule has 0 bridgehead atoms. The van der Waals surface area contributed by atoms with Crippen LogP contribution in [0.2, 0.25) is 0 Å². The van der Waals surface area contributed by atoms with Gasteiger partial charge in [-0.25, -0.2) is 4.39 Å². The Kier molecular flexibility index (Phi) is 5.63. The molecule has 2 saturated carbocycles. The molecule has 0 N–H and O–H groups in total. The van der Waals surface area contributed by atoms with Gasteiger partial charge in [-0.1, -0.05) is 43.7 Å². The molecule has 2 aromatic rings. The van der Waals surface area contributed by atoms with Crippen LogP contribution >= 0.6 is 0 Å². The summed E-state index contributed by atoms with van der Waals surface area (Å²) in [6.07, 6.45) is 9.87. The number of hydrogen-bond donors (Lipinski definition) is 0. The fraction of sp³-hybridized carbons (Fsp3) is 0.462. The van der Waals surface area contributed by atoms with Crippen LogP contribution in [0.4, 0.5) is 4.39 Å². The highest BCUT2D eigenvalue weighted by molar-refractivity contribution is 5.43. The molecule has 27 heavy (non-hydrogen) atoms. The molecule has 0 radical (unpaired) electrons. The summed E-state index contributed by atoms with van der Waals surface area (Å²) < 4.78 is 13.0. The van der Waals surface area contributed by atoms with Crippen LogP contribution < -0.4 is 0 Å². The molecule has 140 valence electrons. The molecule has 0 heterocycles. The molecule has 1 heteroatoms. The van der Waals surface area contributed by atoms with Crippen molar-refractivity contribution in [3.05, 3.63) is 71.0 Å². The minimum absolute atomic E-state index is 0.220. The van der Waals surface area contributed by atoms with E-state index in [1.165, 1.54) is 62.6 Å². The first-order valence-electron chi connectivity index (χ1n) is 10.6. The van der Waals surface area contributed by atoms with Crippen LogP contribution in [0.3, 0.4) is 0 Å². The number of fused-ring (bicyclic) bond motifs is 1. The van der Waals surface area contributed by atoms with Crippen molar-refractivity contribution in [2.24, 2.45) is 17.8 Å². The van der Waals surface area contributed by atoms with Gasteiger partial charge in [0, 0.05) is 11.1 Å². The van der Waals surface area contributed by atoms with Crippen LogP contribution in [0, 0.1) is 35.4 Å². The molecule has 4 atom stereocenters. The van der Waals surface area contributed by atoms with Crippen molar-refractivity contribution < 1.29 is 4.39 Å². The lowest BCUT2D eigenvalue weighted by molar-refractivity contribution is 0.116. The topological polar surface area (TPSA) is 0 Å². The average Bonchev–Trinajstić information content (AvgIpc) is 2.73. The minimum atomic E-state index is -0.220. The van der Waals surface area contributed by atoms with Crippen molar-refractivity contribution in [3.63, 3.8) is 0 Å². The van der Waals surface area contributed by atoms with E-state index in [0.717, 1.165) is 34.8 Å². The number of benzene rings is 2. The van der Waals surface area contributed by atoms with Gasteiger partial charge in [0.05, 0.1) is 0 Å². The van der Waals surface area contributed by atoms with E-state index >= 15 is 0 Å². The lowest BCUT2D eigenvalue weighted by Crippen LogP contribution is -2.30. The van der Waals surface area contributed by atoms with Crippen LogP contribution in [0.5, 0.6) is 0 Å². The smallest absolute Gasteiger partial charge is 0.123 e. The maximum atomic E-state index is 13.0. The first kappa shape index (κ1) is 18.3. The Morgan fingerprint density at radius 2 is 1.37 bits per heavy atom. The normalized spacial score (nSPS) is 27.3. The Morgan fingerprint density at radius 1 is 0.778 bits per heavy atom. The van der Waals surface area contributed by atoms with E-state index in [2.05, 4.69) is 43.0 Å². The van der Waals surface area contributed by atoms with Crippen LogP contribution in [-0.2, 0) is 0 Å². The maximum Gasteiger partial charge on any atom is 0.123 e. The Morgan fingerprint density at radius 3 is 2.04 bits per heavy atom. The van der Waals surface area contributed by atoms with Crippen molar-refractivity contribution in [3.8, 4) is 11.8 Å². The standard InChI is InChI=1S/C26H29F/c1-2-19-5-12-25-18-24(14-13-23(25)17-19)22-10-6-20(7-11-22)3-4-21-8-15-26(27)16-9-21/h6-11,15-16,19,23-25H,2,5,12-14,17-18H2,1H3. The maximum absolute atomic E-state index is 13.0. The van der Waals surface area contributed by atoms with Crippen molar-refractivity contribution in [1.82, 2.24) is 0 Å². The molecule has 2 fully saturated rings. The highest BCUT2D eigenvalue weighted by Gasteiger charge is 2.35. The van der Waals surface area contributed by atoms with Crippen LogP contribution in [0.15, 0.2) is 48.5 Å². The Labute approximate surface area is 163 Å². The van der Waals surface area contributed by atoms with Gasteiger partial charge < -0.3 is 0 Å². The SMILES string of the molecule is CCC1CCC2CC(c3ccc(C#Cc4ccc(F)cc4)cc3)CCC2C1. The molecule has 0 aromatic heterocycles. The van der Waals surface area contributed by atoms with Gasteiger partial charge in [-0.3, -0.25) is 0 Å². The third-order valence-electron chi connectivity index (χ3n) is 6.88. The van der Waals surface area contributed by atoms with Crippen LogP contribution in [-0.4, -0.2) is 0 Å². The molecule has 2 aliphatic carbocycles. The molecular formula is C26H29F. The molecule has 0 spiro atoms. The van der Waals surface area contributed by atoms with Gasteiger partial charge in [-0.2, -0.15) is 0 Å². The monoisotopic (exact) mass is 360 g/mol. The number of rotatable bonds is 2. The molecule has 0 nitrogen and oxygen atoms in total. The van der Waals surface area contributed by atoms with E-state index in [0.29, 0.717) is 0 Å². The zero-order valence-electron chi connectivity index (χ0n) is 16.3. The van der Waals surface area contributed by atoms with Crippen molar-refractivity contribution in [2.75, 3.05) is 0 Å². The predicted molar refractivity (Wildman–Crippen MR) is 110 cm³/mol. The van der Waals surface area contributed by atoms with Gasteiger partial charge in [-0.05, 0) is 97.7 Å². The van der Waals surface area contributed by atoms with Crippen LogP contribution in [0.25, 0.3) is 0 Å². The second-order valence-electron chi connectivity index (χ2n) is 8.50.